The molecule has 0 atom stereocenters. The van der Waals surface area contributed by atoms with Crippen LogP contribution in [0.25, 0.3) is 0 Å². The predicted octanol–water partition coefficient (Wildman–Crippen LogP) is 4.00. The second kappa shape index (κ2) is 7.42. The van der Waals surface area contributed by atoms with E-state index in [9.17, 15) is 0 Å². The van der Waals surface area contributed by atoms with Crippen molar-refractivity contribution in [2.45, 2.75) is 39.0 Å². The average molecular weight is 247 g/mol. The van der Waals surface area contributed by atoms with Crippen molar-refractivity contribution in [3.8, 4) is 0 Å². The fourth-order valence-corrected chi connectivity index (χ4v) is 2.54. The fourth-order valence-electron chi connectivity index (χ4n) is 2.54. The van der Waals surface area contributed by atoms with Gasteiger partial charge in [-0.2, -0.15) is 0 Å². The number of anilines is 1. The van der Waals surface area contributed by atoms with Gasteiger partial charge in [0, 0.05) is 18.8 Å². The molecule has 0 heterocycles. The zero-order valence-electron chi connectivity index (χ0n) is 11.5. The summed E-state index contributed by atoms with van der Waals surface area (Å²) in [7, 11) is 0. The summed E-state index contributed by atoms with van der Waals surface area (Å²) in [4.78, 5) is 0. The van der Waals surface area contributed by atoms with Crippen LogP contribution in [0.4, 0.5) is 5.69 Å². The standard InChI is InChI=1S/C16H25NO/c1-14-7-9-16(10-8-14)17-11-12-18-13-15-5-3-2-4-6-15/h7-10,15,17H,2-6,11-13H2,1H3. The van der Waals surface area contributed by atoms with E-state index in [1.807, 2.05) is 0 Å². The number of rotatable bonds is 6. The van der Waals surface area contributed by atoms with Crippen LogP contribution in [-0.4, -0.2) is 19.8 Å². The van der Waals surface area contributed by atoms with Crippen molar-refractivity contribution in [2.24, 2.45) is 5.92 Å². The quantitative estimate of drug-likeness (QED) is 0.767. The van der Waals surface area contributed by atoms with Crippen LogP contribution in [0.2, 0.25) is 0 Å². The van der Waals surface area contributed by atoms with Gasteiger partial charge in [0.1, 0.15) is 0 Å². The van der Waals surface area contributed by atoms with E-state index in [-0.39, 0.29) is 0 Å². The lowest BCUT2D eigenvalue weighted by Crippen LogP contribution is -2.16. The van der Waals surface area contributed by atoms with Crippen LogP contribution in [-0.2, 0) is 4.74 Å². The first-order valence-electron chi connectivity index (χ1n) is 7.23. The molecular weight excluding hydrogens is 222 g/mol. The highest BCUT2D eigenvalue weighted by atomic mass is 16.5. The second-order valence-corrected chi connectivity index (χ2v) is 5.37. The molecule has 2 nitrogen and oxygen atoms in total. The van der Waals surface area contributed by atoms with Gasteiger partial charge >= 0.3 is 0 Å². The number of hydrogen-bond donors (Lipinski definition) is 1. The van der Waals surface area contributed by atoms with Gasteiger partial charge in [-0.15, -0.1) is 0 Å². The SMILES string of the molecule is Cc1ccc(NCCOCC2CCCCC2)cc1. The monoisotopic (exact) mass is 247 g/mol. The Morgan fingerprint density at radius 3 is 2.56 bits per heavy atom. The molecule has 0 aromatic heterocycles. The van der Waals surface area contributed by atoms with Crippen molar-refractivity contribution in [3.05, 3.63) is 29.8 Å². The molecule has 1 fully saturated rings. The summed E-state index contributed by atoms with van der Waals surface area (Å²) in [5.74, 6) is 0.818. The molecule has 1 aliphatic carbocycles. The Balaban J connectivity index is 1.54. The van der Waals surface area contributed by atoms with Crippen LogP contribution in [0.15, 0.2) is 24.3 Å². The molecule has 0 radical (unpaired) electrons. The van der Waals surface area contributed by atoms with E-state index >= 15 is 0 Å². The van der Waals surface area contributed by atoms with E-state index in [1.165, 1.54) is 43.4 Å². The van der Waals surface area contributed by atoms with Crippen molar-refractivity contribution in [1.82, 2.24) is 0 Å². The first-order chi connectivity index (χ1) is 8.84. The molecule has 0 saturated heterocycles. The third-order valence-corrected chi connectivity index (χ3v) is 3.71. The summed E-state index contributed by atoms with van der Waals surface area (Å²) in [6.07, 6.45) is 6.95. The Labute approximate surface area is 111 Å². The first kappa shape index (κ1) is 13.4. The molecule has 2 heteroatoms. The Morgan fingerprint density at radius 2 is 1.83 bits per heavy atom. The predicted molar refractivity (Wildman–Crippen MR) is 77.1 cm³/mol. The van der Waals surface area contributed by atoms with Gasteiger partial charge in [-0.05, 0) is 37.8 Å². The number of hydrogen-bond acceptors (Lipinski definition) is 2. The van der Waals surface area contributed by atoms with Gasteiger partial charge in [0.15, 0.2) is 0 Å². The number of benzene rings is 1. The fraction of sp³-hybridized carbons (Fsp3) is 0.625. The molecule has 1 aromatic carbocycles. The largest absolute Gasteiger partial charge is 0.383 e. The summed E-state index contributed by atoms with van der Waals surface area (Å²) in [5.41, 5.74) is 2.48. The van der Waals surface area contributed by atoms with Gasteiger partial charge in [-0.1, -0.05) is 37.0 Å². The maximum absolute atomic E-state index is 5.76. The van der Waals surface area contributed by atoms with Crippen molar-refractivity contribution in [2.75, 3.05) is 25.1 Å². The van der Waals surface area contributed by atoms with Crippen molar-refractivity contribution in [1.29, 1.82) is 0 Å². The Kier molecular flexibility index (Phi) is 5.53. The highest BCUT2D eigenvalue weighted by Crippen LogP contribution is 2.23. The lowest BCUT2D eigenvalue weighted by Gasteiger charge is -2.21. The molecule has 100 valence electrons. The minimum Gasteiger partial charge on any atom is -0.383 e. The Hall–Kier alpha value is -1.02. The molecule has 2 rings (SSSR count). The third-order valence-electron chi connectivity index (χ3n) is 3.71. The molecule has 0 spiro atoms. The van der Waals surface area contributed by atoms with Crippen LogP contribution in [0.3, 0.4) is 0 Å². The van der Waals surface area contributed by atoms with Gasteiger partial charge in [0.05, 0.1) is 6.61 Å². The number of aryl methyl sites for hydroxylation is 1. The van der Waals surface area contributed by atoms with Crippen LogP contribution in [0.1, 0.15) is 37.7 Å². The molecule has 0 unspecified atom stereocenters. The van der Waals surface area contributed by atoms with E-state index in [0.717, 1.165) is 25.7 Å². The Bertz CT molecular complexity index is 327. The van der Waals surface area contributed by atoms with Gasteiger partial charge in [-0.3, -0.25) is 0 Å². The Morgan fingerprint density at radius 1 is 1.11 bits per heavy atom. The smallest absolute Gasteiger partial charge is 0.0639 e. The highest BCUT2D eigenvalue weighted by Gasteiger charge is 2.12. The molecule has 0 bridgehead atoms. The summed E-state index contributed by atoms with van der Waals surface area (Å²) in [5, 5.41) is 3.38. The summed E-state index contributed by atoms with van der Waals surface area (Å²) >= 11 is 0. The minimum atomic E-state index is 0.810. The molecule has 1 aromatic rings. The summed E-state index contributed by atoms with van der Waals surface area (Å²) in [6.45, 7) is 4.77. The van der Waals surface area contributed by atoms with Crippen LogP contribution in [0, 0.1) is 12.8 Å². The van der Waals surface area contributed by atoms with Crippen molar-refractivity contribution < 1.29 is 4.74 Å². The zero-order chi connectivity index (χ0) is 12.6. The van der Waals surface area contributed by atoms with E-state index in [2.05, 4.69) is 36.5 Å². The lowest BCUT2D eigenvalue weighted by atomic mass is 9.90. The second-order valence-electron chi connectivity index (χ2n) is 5.37. The van der Waals surface area contributed by atoms with Crippen molar-refractivity contribution >= 4 is 5.69 Å². The molecule has 0 aliphatic heterocycles. The molecule has 0 amide bonds. The lowest BCUT2D eigenvalue weighted by molar-refractivity contribution is 0.0924. The van der Waals surface area contributed by atoms with E-state index in [1.54, 1.807) is 0 Å². The molecule has 1 saturated carbocycles. The van der Waals surface area contributed by atoms with Crippen LogP contribution >= 0.6 is 0 Å². The van der Waals surface area contributed by atoms with Crippen LogP contribution in [0.5, 0.6) is 0 Å². The van der Waals surface area contributed by atoms with Gasteiger partial charge < -0.3 is 10.1 Å². The first-order valence-corrected chi connectivity index (χ1v) is 7.23. The third kappa shape index (κ3) is 4.69. The maximum Gasteiger partial charge on any atom is 0.0639 e. The summed E-state index contributed by atoms with van der Waals surface area (Å²) < 4.78 is 5.76. The van der Waals surface area contributed by atoms with Gasteiger partial charge in [0.25, 0.3) is 0 Å². The zero-order valence-corrected chi connectivity index (χ0v) is 11.5. The average Bonchev–Trinajstić information content (AvgIpc) is 2.42. The number of ether oxygens (including phenoxy) is 1. The van der Waals surface area contributed by atoms with Crippen LogP contribution < -0.4 is 5.32 Å². The van der Waals surface area contributed by atoms with E-state index < -0.39 is 0 Å². The minimum absolute atomic E-state index is 0.810. The maximum atomic E-state index is 5.76. The highest BCUT2D eigenvalue weighted by molar-refractivity contribution is 5.44. The van der Waals surface area contributed by atoms with Crippen molar-refractivity contribution in [3.63, 3.8) is 0 Å². The molecule has 1 N–H and O–H groups in total. The topological polar surface area (TPSA) is 21.3 Å². The van der Waals surface area contributed by atoms with E-state index in [4.69, 9.17) is 4.74 Å². The summed E-state index contributed by atoms with van der Waals surface area (Å²) in [6, 6.07) is 8.50. The van der Waals surface area contributed by atoms with Gasteiger partial charge in [0.2, 0.25) is 0 Å². The molecule has 18 heavy (non-hydrogen) atoms. The van der Waals surface area contributed by atoms with E-state index in [0.29, 0.717) is 0 Å². The normalized spacial score (nSPS) is 16.7. The number of nitrogens with one attached hydrogen (secondary N) is 1. The molecular formula is C16H25NO. The van der Waals surface area contributed by atoms with Gasteiger partial charge in [-0.25, -0.2) is 0 Å². The molecule has 1 aliphatic rings.